The first kappa shape index (κ1) is 18.8. The van der Waals surface area contributed by atoms with Crippen LogP contribution >= 0.6 is 0 Å². The topological polar surface area (TPSA) is 120 Å². The van der Waals surface area contributed by atoms with Crippen molar-refractivity contribution in [2.24, 2.45) is 5.14 Å². The van der Waals surface area contributed by atoms with Gasteiger partial charge < -0.3 is 23.9 Å². The number of hydrogen-bond donors (Lipinski definition) is 2. The zero-order valence-electron chi connectivity index (χ0n) is 14.8. The Balaban J connectivity index is 1.89. The van der Waals surface area contributed by atoms with Crippen LogP contribution in [-0.2, 0) is 23.4 Å². The van der Waals surface area contributed by atoms with Crippen LogP contribution in [0.5, 0.6) is 17.2 Å². The average Bonchev–Trinajstić information content (AvgIpc) is 2.61. The lowest BCUT2D eigenvalue weighted by atomic mass is 10.1. The number of methoxy groups -OCH3 is 2. The number of para-hydroxylation sites is 1. The molecule has 0 aromatic heterocycles. The molecule has 0 radical (unpaired) electrons. The fourth-order valence-electron chi connectivity index (χ4n) is 2.84. The highest BCUT2D eigenvalue weighted by atomic mass is 32.2. The molecule has 1 aliphatic heterocycles. The Kier molecular flexibility index (Phi) is 5.10. The van der Waals surface area contributed by atoms with E-state index in [4.69, 9.17) is 18.8 Å². The SMILES string of the molecule is COc1ccccc1CN1Cc2cc(OC)c(OS(N)(=O)=O)cc2NC1=O. The molecule has 10 heteroatoms. The van der Waals surface area contributed by atoms with Crippen molar-refractivity contribution >= 4 is 22.0 Å². The number of nitrogens with zero attached hydrogens (tertiary/aromatic N) is 1. The quantitative estimate of drug-likeness (QED) is 0.773. The Labute approximate surface area is 156 Å². The third kappa shape index (κ3) is 4.23. The zero-order valence-corrected chi connectivity index (χ0v) is 15.6. The summed E-state index contributed by atoms with van der Waals surface area (Å²) in [4.78, 5) is 14.1. The van der Waals surface area contributed by atoms with Crippen LogP contribution in [0, 0.1) is 0 Å². The number of carbonyl (C=O) groups is 1. The van der Waals surface area contributed by atoms with Crippen molar-refractivity contribution in [2.75, 3.05) is 19.5 Å². The number of amides is 2. The van der Waals surface area contributed by atoms with Crippen molar-refractivity contribution in [1.29, 1.82) is 0 Å². The molecule has 1 aliphatic rings. The predicted octanol–water partition coefficient (Wildman–Crippen LogP) is 1.83. The van der Waals surface area contributed by atoms with Gasteiger partial charge in [-0.3, -0.25) is 0 Å². The van der Waals surface area contributed by atoms with E-state index in [1.54, 1.807) is 18.1 Å². The maximum atomic E-state index is 12.5. The Bertz CT molecular complexity index is 977. The minimum absolute atomic E-state index is 0.0998. The van der Waals surface area contributed by atoms with Gasteiger partial charge in [0.15, 0.2) is 11.5 Å². The Morgan fingerprint density at radius 3 is 2.48 bits per heavy atom. The minimum atomic E-state index is -4.23. The molecule has 0 bridgehead atoms. The summed E-state index contributed by atoms with van der Waals surface area (Å²) in [5.74, 6) is 0.777. The molecule has 2 amide bonds. The first-order valence-corrected chi connectivity index (χ1v) is 9.39. The number of fused-ring (bicyclic) bond motifs is 1. The third-order valence-corrected chi connectivity index (χ3v) is 4.45. The lowest BCUT2D eigenvalue weighted by molar-refractivity contribution is 0.203. The Hall–Kier alpha value is -2.98. The van der Waals surface area contributed by atoms with Crippen LogP contribution in [0.1, 0.15) is 11.1 Å². The van der Waals surface area contributed by atoms with Gasteiger partial charge in [-0.25, -0.2) is 4.79 Å². The summed E-state index contributed by atoms with van der Waals surface area (Å²) in [6.45, 7) is 0.637. The van der Waals surface area contributed by atoms with Crippen molar-refractivity contribution < 1.29 is 26.9 Å². The van der Waals surface area contributed by atoms with Crippen LogP contribution < -0.4 is 24.1 Å². The molecule has 1 heterocycles. The van der Waals surface area contributed by atoms with Gasteiger partial charge in [0.05, 0.1) is 26.5 Å². The fourth-order valence-corrected chi connectivity index (χ4v) is 3.22. The molecule has 0 fully saturated rings. The molecule has 0 saturated heterocycles. The first-order chi connectivity index (χ1) is 12.8. The maximum absolute atomic E-state index is 12.5. The molecule has 9 nitrogen and oxygen atoms in total. The predicted molar refractivity (Wildman–Crippen MR) is 98.0 cm³/mol. The third-order valence-electron chi connectivity index (χ3n) is 4.04. The van der Waals surface area contributed by atoms with Crippen LogP contribution in [-0.4, -0.2) is 33.6 Å². The number of carbonyl (C=O) groups excluding carboxylic acids is 1. The van der Waals surface area contributed by atoms with Gasteiger partial charge in [-0.1, -0.05) is 18.2 Å². The summed E-state index contributed by atoms with van der Waals surface area (Å²) in [7, 11) is -1.27. The molecule has 2 aromatic rings. The molecule has 144 valence electrons. The van der Waals surface area contributed by atoms with Crippen LogP contribution in [0.4, 0.5) is 10.5 Å². The van der Waals surface area contributed by atoms with Gasteiger partial charge in [-0.05, 0) is 17.7 Å². The lowest BCUT2D eigenvalue weighted by Crippen LogP contribution is -2.38. The van der Waals surface area contributed by atoms with E-state index in [1.807, 2.05) is 24.3 Å². The molecule has 27 heavy (non-hydrogen) atoms. The number of nitrogens with two attached hydrogens (primary N) is 1. The normalized spacial score (nSPS) is 13.6. The monoisotopic (exact) mass is 393 g/mol. The van der Waals surface area contributed by atoms with Crippen molar-refractivity contribution in [3.05, 3.63) is 47.5 Å². The Morgan fingerprint density at radius 1 is 1.11 bits per heavy atom. The van der Waals surface area contributed by atoms with Gasteiger partial charge in [-0.15, -0.1) is 0 Å². The molecular weight excluding hydrogens is 374 g/mol. The lowest BCUT2D eigenvalue weighted by Gasteiger charge is -2.30. The summed E-state index contributed by atoms with van der Waals surface area (Å²) in [6, 6.07) is 10.1. The summed E-state index contributed by atoms with van der Waals surface area (Å²) in [6.07, 6.45) is 0. The maximum Gasteiger partial charge on any atom is 0.380 e. The highest BCUT2D eigenvalue weighted by Crippen LogP contribution is 2.37. The molecule has 2 aromatic carbocycles. The summed E-state index contributed by atoms with van der Waals surface area (Å²) < 4.78 is 37.6. The van der Waals surface area contributed by atoms with E-state index in [0.717, 1.165) is 11.1 Å². The molecule has 3 rings (SSSR count). The smallest absolute Gasteiger partial charge is 0.380 e. The molecule has 0 atom stereocenters. The number of urea groups is 1. The van der Waals surface area contributed by atoms with Crippen LogP contribution in [0.25, 0.3) is 0 Å². The van der Waals surface area contributed by atoms with Gasteiger partial charge in [0, 0.05) is 18.2 Å². The molecule has 0 spiro atoms. The largest absolute Gasteiger partial charge is 0.496 e. The molecule has 0 saturated carbocycles. The highest BCUT2D eigenvalue weighted by molar-refractivity contribution is 7.84. The second-order valence-corrected chi connectivity index (χ2v) is 6.99. The van der Waals surface area contributed by atoms with E-state index < -0.39 is 10.3 Å². The van der Waals surface area contributed by atoms with Gasteiger partial charge in [-0.2, -0.15) is 13.6 Å². The summed E-state index contributed by atoms with van der Waals surface area (Å²) in [5.41, 5.74) is 2.03. The van der Waals surface area contributed by atoms with Gasteiger partial charge in [0.2, 0.25) is 0 Å². The number of nitrogens with one attached hydrogen (secondary N) is 1. The van der Waals surface area contributed by atoms with E-state index in [1.165, 1.54) is 13.2 Å². The van der Waals surface area contributed by atoms with E-state index in [2.05, 4.69) is 5.32 Å². The number of anilines is 1. The fraction of sp³-hybridized carbons (Fsp3) is 0.235. The van der Waals surface area contributed by atoms with E-state index >= 15 is 0 Å². The number of rotatable bonds is 6. The molecule has 3 N–H and O–H groups in total. The molecule has 0 aliphatic carbocycles. The highest BCUT2D eigenvalue weighted by Gasteiger charge is 2.26. The number of hydrogen-bond acceptors (Lipinski definition) is 6. The van der Waals surface area contributed by atoms with Crippen molar-refractivity contribution in [3.63, 3.8) is 0 Å². The first-order valence-electron chi connectivity index (χ1n) is 7.91. The van der Waals surface area contributed by atoms with E-state index in [-0.39, 0.29) is 17.5 Å². The van der Waals surface area contributed by atoms with Crippen molar-refractivity contribution in [3.8, 4) is 17.2 Å². The number of benzene rings is 2. The van der Waals surface area contributed by atoms with Crippen LogP contribution in [0.2, 0.25) is 0 Å². The standard InChI is InChI=1S/C17H19N3O6S/c1-24-14-6-4-3-5-11(14)9-20-10-12-7-15(25-2)16(26-27(18,22)23)8-13(12)19-17(20)21/h3-8H,9-10H2,1-2H3,(H,19,21)(H2,18,22,23). The number of ether oxygens (including phenoxy) is 2. The van der Waals surface area contributed by atoms with Crippen molar-refractivity contribution in [1.82, 2.24) is 4.90 Å². The average molecular weight is 393 g/mol. The molecular formula is C17H19N3O6S. The Morgan fingerprint density at radius 2 is 1.81 bits per heavy atom. The zero-order chi connectivity index (χ0) is 19.6. The second-order valence-electron chi connectivity index (χ2n) is 5.83. The van der Waals surface area contributed by atoms with Gasteiger partial charge >= 0.3 is 16.3 Å². The van der Waals surface area contributed by atoms with Crippen molar-refractivity contribution in [2.45, 2.75) is 13.1 Å². The van der Waals surface area contributed by atoms with E-state index in [9.17, 15) is 13.2 Å². The van der Waals surface area contributed by atoms with Gasteiger partial charge in [0.1, 0.15) is 5.75 Å². The van der Waals surface area contributed by atoms with Crippen LogP contribution in [0.15, 0.2) is 36.4 Å². The second kappa shape index (κ2) is 7.33. The van der Waals surface area contributed by atoms with E-state index in [0.29, 0.717) is 24.5 Å². The van der Waals surface area contributed by atoms with Gasteiger partial charge in [0.25, 0.3) is 0 Å². The van der Waals surface area contributed by atoms with Crippen LogP contribution in [0.3, 0.4) is 0 Å². The minimum Gasteiger partial charge on any atom is -0.496 e. The summed E-state index contributed by atoms with van der Waals surface area (Å²) in [5, 5.41) is 7.64. The molecule has 0 unspecified atom stereocenters. The summed E-state index contributed by atoms with van der Waals surface area (Å²) >= 11 is 0.